The Morgan fingerprint density at radius 3 is 2.50 bits per heavy atom. The molecule has 0 saturated carbocycles. The van der Waals surface area contributed by atoms with Crippen molar-refractivity contribution in [1.29, 1.82) is 0 Å². The first kappa shape index (κ1) is 10.2. The summed E-state index contributed by atoms with van der Waals surface area (Å²) < 4.78 is 42.9. The van der Waals surface area contributed by atoms with Crippen LogP contribution in [0.1, 0.15) is 39.5 Å². The Labute approximate surface area is 136 Å². The fourth-order valence-corrected chi connectivity index (χ4v) is 1.80. The number of ether oxygens (including phenoxy) is 1. The monoisotopic (exact) mass is 303 g/mol. The zero-order valence-corrected chi connectivity index (χ0v) is 11.7. The fraction of sp³-hybridized carbons (Fsp3) is 0.222. The molecule has 1 N–H and O–H groups in total. The van der Waals surface area contributed by atoms with Gasteiger partial charge in [0, 0.05) is 5.48 Å². The minimum atomic E-state index is -2.56. The molecule has 0 bridgehead atoms. The van der Waals surface area contributed by atoms with Crippen LogP contribution in [0, 0.1) is 13.8 Å². The van der Waals surface area contributed by atoms with Crippen LogP contribution in [0.15, 0.2) is 42.5 Å². The van der Waals surface area contributed by atoms with Crippen molar-refractivity contribution >= 4 is 11.9 Å². The maximum absolute atomic E-state index is 12.3. The molecule has 0 amide bonds. The van der Waals surface area contributed by atoms with Crippen LogP contribution in [0.4, 0.5) is 0 Å². The van der Waals surface area contributed by atoms with Gasteiger partial charge in [0.2, 0.25) is 0 Å². The average Bonchev–Trinajstić information content (AvgIpc) is 2.67. The normalized spacial score (nSPS) is 15.5. The summed E-state index contributed by atoms with van der Waals surface area (Å²) in [6, 6.07) is 9.76. The molecule has 0 saturated heterocycles. The lowest BCUT2D eigenvalue weighted by Crippen LogP contribution is -2.07. The van der Waals surface area contributed by atoms with Crippen LogP contribution in [0.2, 0.25) is 0 Å². The van der Waals surface area contributed by atoms with Crippen molar-refractivity contribution < 1.29 is 26.3 Å². The molecule has 1 atom stereocenters. The molecule has 2 aromatic carbocycles. The van der Waals surface area contributed by atoms with Crippen molar-refractivity contribution in [2.75, 3.05) is 0 Å². The number of hydrogen-bond donors (Lipinski definition) is 1. The molecule has 0 aliphatic rings. The van der Waals surface area contributed by atoms with Crippen LogP contribution in [0.25, 0.3) is 0 Å². The summed E-state index contributed by atoms with van der Waals surface area (Å²) in [6.45, 7) is -1.53. The Balaban J connectivity index is 2.16. The van der Waals surface area contributed by atoms with Crippen molar-refractivity contribution in [2.45, 2.75) is 26.8 Å². The van der Waals surface area contributed by atoms with Crippen LogP contribution in [0.3, 0.4) is 0 Å². The Morgan fingerprint density at radius 2 is 1.86 bits per heavy atom. The average molecular weight is 303 g/mol. The Hall–Kier alpha value is -2.62. The topological polar surface area (TPSA) is 63.6 Å². The quantitative estimate of drug-likeness (QED) is 0.861. The second-order valence-electron chi connectivity index (χ2n) is 4.57. The molecule has 1 unspecified atom stereocenters. The van der Waals surface area contributed by atoms with E-state index >= 15 is 0 Å². The Kier molecular flexibility index (Phi) is 3.18. The zero-order valence-electron chi connectivity index (χ0n) is 16.7. The van der Waals surface area contributed by atoms with Gasteiger partial charge in [-0.1, -0.05) is 42.0 Å². The Bertz CT molecular complexity index is 836. The molecule has 0 aliphatic heterocycles. The van der Waals surface area contributed by atoms with Crippen LogP contribution in [-0.4, -0.2) is 17.0 Å². The molecule has 0 aromatic heterocycles. The predicted octanol–water partition coefficient (Wildman–Crippen LogP) is 3.29. The second kappa shape index (κ2) is 6.89. The van der Waals surface area contributed by atoms with Crippen molar-refractivity contribution in [2.24, 2.45) is 0 Å². The van der Waals surface area contributed by atoms with Gasteiger partial charge in [0.25, 0.3) is 0 Å². The van der Waals surface area contributed by atoms with Gasteiger partial charge >= 0.3 is 11.9 Å². The smallest absolute Gasteiger partial charge is 0.338 e. The molecule has 4 heteroatoms. The second-order valence-corrected chi connectivity index (χ2v) is 4.57. The molecule has 0 fully saturated rings. The van der Waals surface area contributed by atoms with Crippen LogP contribution in [0.5, 0.6) is 0 Å². The van der Waals surface area contributed by atoms with Crippen LogP contribution in [-0.2, 0) is 22.5 Å². The van der Waals surface area contributed by atoms with Crippen LogP contribution >= 0.6 is 0 Å². The number of benzene rings is 2. The van der Waals surface area contributed by atoms with E-state index < -0.39 is 24.9 Å². The molecule has 0 heterocycles. The molecule has 2 aromatic rings. The Morgan fingerprint density at radius 1 is 1.14 bits per heavy atom. The van der Waals surface area contributed by atoms with Gasteiger partial charge < -0.3 is 9.84 Å². The third-order valence-electron chi connectivity index (χ3n) is 2.85. The van der Waals surface area contributed by atoms with Gasteiger partial charge in [-0.05, 0) is 36.6 Å². The van der Waals surface area contributed by atoms with E-state index in [0.717, 1.165) is 0 Å². The summed E-state index contributed by atoms with van der Waals surface area (Å²) >= 11 is 0. The molecule has 0 aliphatic carbocycles. The highest BCUT2D eigenvalue weighted by atomic mass is 16.5. The van der Waals surface area contributed by atoms with Crippen molar-refractivity contribution in [1.82, 2.24) is 0 Å². The number of carbonyl (C=O) groups excluding carboxylic acids is 1. The minimum absolute atomic E-state index is 0.0274. The van der Waals surface area contributed by atoms with E-state index in [1.54, 1.807) is 12.1 Å². The highest BCUT2D eigenvalue weighted by molar-refractivity contribution is 5.91. The summed E-state index contributed by atoms with van der Waals surface area (Å²) in [5.41, 5.74) is 1.39. The number of aryl methyl sites for hydroxylation is 2. The molecule has 2 rings (SSSR count). The molecule has 114 valence electrons. The largest absolute Gasteiger partial charge is 0.481 e. The molecule has 4 nitrogen and oxygen atoms in total. The number of esters is 1. The predicted molar refractivity (Wildman–Crippen MR) is 82.8 cm³/mol. The zero-order chi connectivity index (χ0) is 20.2. The number of aliphatic carboxylic acids is 1. The van der Waals surface area contributed by atoms with Crippen molar-refractivity contribution in [3.05, 3.63) is 70.3 Å². The number of hydrogen-bond acceptors (Lipinski definition) is 3. The van der Waals surface area contributed by atoms with Gasteiger partial charge in [0.15, 0.2) is 0 Å². The minimum Gasteiger partial charge on any atom is -0.481 e. The lowest BCUT2D eigenvalue weighted by atomic mass is 10.1. The summed E-state index contributed by atoms with van der Waals surface area (Å²) in [6.07, 6.45) is -2.56. The van der Waals surface area contributed by atoms with Gasteiger partial charge in [-0.15, -0.1) is 0 Å². The maximum Gasteiger partial charge on any atom is 0.338 e. The summed E-state index contributed by atoms with van der Waals surface area (Å²) in [7, 11) is 0. The third kappa shape index (κ3) is 4.19. The molecule has 22 heavy (non-hydrogen) atoms. The highest BCUT2D eigenvalue weighted by Gasteiger charge is 2.10. The van der Waals surface area contributed by atoms with Gasteiger partial charge in [-0.2, -0.15) is 0 Å². The summed E-state index contributed by atoms with van der Waals surface area (Å²) in [5, 5.41) is 8.90. The number of carboxylic acids is 1. The van der Waals surface area contributed by atoms with Crippen molar-refractivity contribution in [3.63, 3.8) is 0 Å². The van der Waals surface area contributed by atoms with E-state index in [9.17, 15) is 9.59 Å². The van der Waals surface area contributed by atoms with Gasteiger partial charge in [-0.25, -0.2) is 4.79 Å². The first-order valence-corrected chi connectivity index (χ1v) is 6.38. The van der Waals surface area contributed by atoms with Gasteiger partial charge in [-0.3, -0.25) is 4.79 Å². The SMILES string of the molecule is [2H]Cc1ccc(C(=O)OC([2H])c2ccc(C([2H])([2H])C(=O)O)cc2)c(C[2H])c1. The van der Waals surface area contributed by atoms with E-state index in [1.807, 2.05) is 0 Å². The van der Waals surface area contributed by atoms with Crippen LogP contribution < -0.4 is 0 Å². The van der Waals surface area contributed by atoms with E-state index in [-0.39, 0.29) is 30.5 Å². The van der Waals surface area contributed by atoms with E-state index in [1.165, 1.54) is 30.3 Å². The summed E-state index contributed by atoms with van der Waals surface area (Å²) in [5.74, 6) is -2.40. The number of rotatable bonds is 5. The molecule has 0 radical (unpaired) electrons. The van der Waals surface area contributed by atoms with E-state index in [2.05, 4.69) is 0 Å². The molecular weight excluding hydrogens is 280 g/mol. The lowest BCUT2D eigenvalue weighted by molar-refractivity contribution is -0.136. The van der Waals surface area contributed by atoms with Crippen molar-refractivity contribution in [3.8, 4) is 0 Å². The fourth-order valence-electron chi connectivity index (χ4n) is 1.80. The van der Waals surface area contributed by atoms with E-state index in [0.29, 0.717) is 11.1 Å². The number of carbonyl (C=O) groups is 2. The van der Waals surface area contributed by atoms with E-state index in [4.69, 9.17) is 16.7 Å². The lowest BCUT2D eigenvalue weighted by Gasteiger charge is -2.08. The molecular formula is C18H18O4. The first-order valence-electron chi connectivity index (χ1n) is 9.37. The van der Waals surface area contributed by atoms with Gasteiger partial charge in [0.05, 0.1) is 13.3 Å². The number of carboxylic acid groups (broad SMARTS) is 1. The molecule has 0 spiro atoms. The maximum atomic E-state index is 12.3. The standard InChI is InChI=1S/C18H18O4/c1-12-3-8-16(13(2)9-12)18(21)22-11-15-6-4-14(5-7-15)10-17(19)20/h3-9H,10-11H2,1-2H3,(H,19,20)/i1D,2D,10D2,11D. The van der Waals surface area contributed by atoms with Gasteiger partial charge in [0.1, 0.15) is 6.58 Å². The first-order chi connectivity index (χ1) is 12.7. The highest BCUT2D eigenvalue weighted by Crippen LogP contribution is 2.13. The summed E-state index contributed by atoms with van der Waals surface area (Å²) in [4.78, 5) is 23.3. The third-order valence-corrected chi connectivity index (χ3v) is 2.85.